The second-order valence-corrected chi connectivity index (χ2v) is 6.60. The van der Waals surface area contributed by atoms with Crippen molar-refractivity contribution < 1.29 is 31.5 Å². The van der Waals surface area contributed by atoms with Gasteiger partial charge in [0.1, 0.15) is 17.4 Å². The van der Waals surface area contributed by atoms with Crippen LogP contribution in [0, 0.1) is 11.6 Å². The van der Waals surface area contributed by atoms with Crippen LogP contribution in [0.3, 0.4) is 0 Å². The van der Waals surface area contributed by atoms with Crippen LogP contribution in [0.5, 0.6) is 5.75 Å². The Kier molecular flexibility index (Phi) is 4.89. The molecule has 0 saturated carbocycles. The molecule has 0 bridgehead atoms. The van der Waals surface area contributed by atoms with Crippen molar-refractivity contribution in [2.75, 3.05) is 11.5 Å². The largest absolute Gasteiger partial charge is 0.483 e. The maximum absolute atomic E-state index is 13.7. The lowest BCUT2D eigenvalue weighted by molar-refractivity contribution is -0.153. The van der Waals surface area contributed by atoms with Gasteiger partial charge in [-0.2, -0.15) is 13.2 Å². The molecule has 1 amide bonds. The van der Waals surface area contributed by atoms with Crippen LogP contribution in [-0.2, 0) is 6.54 Å². The molecule has 1 aliphatic rings. The fraction of sp³-hybridized carbons (Fsp3) is 0.143. The third kappa shape index (κ3) is 3.83. The highest BCUT2D eigenvalue weighted by molar-refractivity contribution is 6.11. The number of rotatable bonds is 4. The molecule has 1 aromatic heterocycles. The Morgan fingerprint density at radius 1 is 0.967 bits per heavy atom. The number of pyridine rings is 1. The first-order valence-corrected chi connectivity index (χ1v) is 8.78. The van der Waals surface area contributed by atoms with Gasteiger partial charge in [-0.25, -0.2) is 8.78 Å². The quantitative estimate of drug-likeness (QED) is 0.550. The second-order valence-electron chi connectivity index (χ2n) is 6.60. The zero-order valence-electron chi connectivity index (χ0n) is 15.2. The number of aromatic nitrogens is 1. The van der Waals surface area contributed by atoms with Crippen LogP contribution in [0.4, 0.5) is 27.6 Å². The fourth-order valence-electron chi connectivity index (χ4n) is 3.26. The number of halogens is 5. The average Bonchev–Trinajstić information content (AvgIpc) is 3.04. The zero-order valence-corrected chi connectivity index (χ0v) is 15.2. The van der Waals surface area contributed by atoms with Crippen LogP contribution in [-0.4, -0.2) is 23.7 Å². The Morgan fingerprint density at radius 3 is 2.37 bits per heavy atom. The Labute approximate surface area is 167 Å². The number of ether oxygens (including phenoxy) is 1. The Bertz CT molecular complexity index is 1110. The van der Waals surface area contributed by atoms with Gasteiger partial charge in [-0.15, -0.1) is 0 Å². The number of hydrogen-bond donors (Lipinski definition) is 0. The highest BCUT2D eigenvalue weighted by atomic mass is 19.4. The smallest absolute Gasteiger partial charge is 0.422 e. The highest BCUT2D eigenvalue weighted by Crippen LogP contribution is 2.38. The number of nitrogens with zero attached hydrogens (tertiary/aromatic N) is 2. The average molecular weight is 420 g/mol. The van der Waals surface area contributed by atoms with E-state index in [0.29, 0.717) is 16.8 Å². The van der Waals surface area contributed by atoms with Crippen molar-refractivity contribution in [3.63, 3.8) is 0 Å². The molecule has 4 nitrogen and oxygen atoms in total. The van der Waals surface area contributed by atoms with Gasteiger partial charge in [0, 0.05) is 34.6 Å². The van der Waals surface area contributed by atoms with Crippen molar-refractivity contribution in [1.82, 2.24) is 4.98 Å². The van der Waals surface area contributed by atoms with Gasteiger partial charge in [0.05, 0.1) is 12.2 Å². The topological polar surface area (TPSA) is 42.4 Å². The monoisotopic (exact) mass is 420 g/mol. The normalized spacial score (nSPS) is 13.5. The maximum atomic E-state index is 13.7. The first-order valence-electron chi connectivity index (χ1n) is 8.78. The molecule has 154 valence electrons. The summed E-state index contributed by atoms with van der Waals surface area (Å²) in [5.41, 5.74) is 1.55. The van der Waals surface area contributed by atoms with Gasteiger partial charge in [0.2, 0.25) is 0 Å². The van der Waals surface area contributed by atoms with Crippen LogP contribution in [0.2, 0.25) is 0 Å². The minimum atomic E-state index is -4.61. The molecule has 9 heteroatoms. The first kappa shape index (κ1) is 19.8. The molecule has 0 unspecified atom stereocenters. The van der Waals surface area contributed by atoms with Gasteiger partial charge < -0.3 is 9.64 Å². The summed E-state index contributed by atoms with van der Waals surface area (Å²) in [6, 6.07) is 9.99. The van der Waals surface area contributed by atoms with Gasteiger partial charge in [-0.3, -0.25) is 9.78 Å². The predicted molar refractivity (Wildman–Crippen MR) is 98.1 cm³/mol. The van der Waals surface area contributed by atoms with Gasteiger partial charge in [-0.1, -0.05) is 0 Å². The van der Waals surface area contributed by atoms with Gasteiger partial charge in [0.15, 0.2) is 6.61 Å². The number of hydrogen-bond acceptors (Lipinski definition) is 3. The van der Waals surface area contributed by atoms with Gasteiger partial charge >= 0.3 is 6.18 Å². The minimum absolute atomic E-state index is 0.0685. The number of carbonyl (C=O) groups excluding carboxylic acids is 1. The standard InChI is InChI=1S/C21H13F5N2O2/c22-12-1-4-14(5-2-12)28-10-17-15(20(28)29)7-8-27-19(17)16-6-3-13(23)9-18(16)30-11-21(24,25)26/h1-9H,10-11H2. The van der Waals surface area contributed by atoms with Crippen LogP contribution in [0.25, 0.3) is 11.3 Å². The van der Waals surface area contributed by atoms with E-state index in [1.165, 1.54) is 47.5 Å². The van der Waals surface area contributed by atoms with E-state index in [1.54, 1.807) is 0 Å². The molecule has 1 aliphatic heterocycles. The zero-order chi connectivity index (χ0) is 21.5. The van der Waals surface area contributed by atoms with Crippen molar-refractivity contribution >= 4 is 11.6 Å². The Morgan fingerprint density at radius 2 is 1.67 bits per heavy atom. The third-order valence-corrected chi connectivity index (χ3v) is 4.58. The lowest BCUT2D eigenvalue weighted by atomic mass is 10.0. The maximum Gasteiger partial charge on any atom is 0.422 e. The highest BCUT2D eigenvalue weighted by Gasteiger charge is 2.33. The Balaban J connectivity index is 1.74. The molecule has 0 fully saturated rings. The summed E-state index contributed by atoms with van der Waals surface area (Å²) in [6.45, 7) is -1.53. The summed E-state index contributed by atoms with van der Waals surface area (Å²) >= 11 is 0. The molecule has 0 aliphatic carbocycles. The summed E-state index contributed by atoms with van der Waals surface area (Å²) in [4.78, 5) is 18.4. The molecule has 0 atom stereocenters. The van der Waals surface area contributed by atoms with Crippen LogP contribution < -0.4 is 9.64 Å². The molecule has 0 radical (unpaired) electrons. The molecule has 4 rings (SSSR count). The van der Waals surface area contributed by atoms with E-state index < -0.39 is 24.4 Å². The van der Waals surface area contributed by atoms with Crippen molar-refractivity contribution in [2.45, 2.75) is 12.7 Å². The van der Waals surface area contributed by atoms with Crippen molar-refractivity contribution in [3.05, 3.63) is 77.5 Å². The van der Waals surface area contributed by atoms with Gasteiger partial charge in [-0.05, 0) is 42.5 Å². The summed E-state index contributed by atoms with van der Waals surface area (Å²) in [7, 11) is 0. The van der Waals surface area contributed by atoms with Crippen LogP contribution >= 0.6 is 0 Å². The number of fused-ring (bicyclic) bond motifs is 1. The lowest BCUT2D eigenvalue weighted by Crippen LogP contribution is -2.22. The van der Waals surface area contributed by atoms with E-state index in [9.17, 15) is 26.7 Å². The molecule has 2 aromatic carbocycles. The number of benzene rings is 2. The van der Waals surface area contributed by atoms with Crippen molar-refractivity contribution in [2.24, 2.45) is 0 Å². The predicted octanol–water partition coefficient (Wildman–Crippen LogP) is 5.13. The summed E-state index contributed by atoms with van der Waals surface area (Å²) in [6.07, 6.45) is -3.26. The molecule has 0 saturated heterocycles. The van der Waals surface area contributed by atoms with E-state index >= 15 is 0 Å². The summed E-state index contributed by atoms with van der Waals surface area (Å²) in [5, 5.41) is 0. The second kappa shape index (κ2) is 7.40. The third-order valence-electron chi connectivity index (χ3n) is 4.58. The van der Waals surface area contributed by atoms with E-state index in [2.05, 4.69) is 4.98 Å². The van der Waals surface area contributed by atoms with Crippen LogP contribution in [0.1, 0.15) is 15.9 Å². The number of amides is 1. The van der Waals surface area contributed by atoms with Gasteiger partial charge in [0.25, 0.3) is 5.91 Å². The molecule has 0 spiro atoms. The molecule has 30 heavy (non-hydrogen) atoms. The van der Waals surface area contributed by atoms with E-state index in [0.717, 1.165) is 12.1 Å². The fourth-order valence-corrected chi connectivity index (χ4v) is 3.26. The summed E-state index contributed by atoms with van der Waals surface area (Å²) in [5.74, 6) is -1.92. The number of carbonyl (C=O) groups is 1. The molecule has 0 N–H and O–H groups in total. The van der Waals surface area contributed by atoms with E-state index in [4.69, 9.17) is 4.74 Å². The first-order chi connectivity index (χ1) is 14.2. The number of alkyl halides is 3. The molecular weight excluding hydrogens is 407 g/mol. The summed E-state index contributed by atoms with van der Waals surface area (Å²) < 4.78 is 69.5. The molecular formula is C21H13F5N2O2. The number of anilines is 1. The molecule has 2 heterocycles. The SMILES string of the molecule is O=C1c2ccnc(-c3ccc(F)cc3OCC(F)(F)F)c2CN1c1ccc(F)cc1. The van der Waals surface area contributed by atoms with Crippen molar-refractivity contribution in [3.8, 4) is 17.0 Å². The van der Waals surface area contributed by atoms with E-state index in [-0.39, 0.29) is 29.5 Å². The minimum Gasteiger partial charge on any atom is -0.483 e. The van der Waals surface area contributed by atoms with Crippen molar-refractivity contribution in [1.29, 1.82) is 0 Å². The Hall–Kier alpha value is -3.49. The van der Waals surface area contributed by atoms with E-state index in [1.807, 2.05) is 0 Å². The lowest BCUT2D eigenvalue weighted by Gasteiger charge is -2.16. The molecule has 3 aromatic rings. The van der Waals surface area contributed by atoms with Crippen LogP contribution in [0.15, 0.2) is 54.7 Å².